The fraction of sp³-hybridized carbons (Fsp3) is 1.00. The predicted octanol–water partition coefficient (Wildman–Crippen LogP) is 3.82. The van der Waals surface area contributed by atoms with E-state index in [4.69, 9.17) is 36.0 Å². The molecule has 1 aliphatic rings. The van der Waals surface area contributed by atoms with Crippen LogP contribution < -0.4 is 0 Å². The topological polar surface area (TPSA) is 77.1 Å². The molecule has 0 bridgehead atoms. The predicted molar refractivity (Wildman–Crippen MR) is 122 cm³/mol. The summed E-state index contributed by atoms with van der Waals surface area (Å²) < 4.78 is 44.6. The minimum atomic E-state index is -2.76. The summed E-state index contributed by atoms with van der Waals surface area (Å²) in [6.07, 6.45) is 4.39. The molecule has 0 saturated carbocycles. The molecule has 182 valence electrons. The minimum absolute atomic E-state index is 0.0958. The van der Waals surface area contributed by atoms with Gasteiger partial charge in [-0.05, 0) is 33.6 Å². The molecule has 1 fully saturated rings. The monoisotopic (exact) mass is 470 g/mol. The maximum Gasteiger partial charge on any atom is 0.531 e. The fourth-order valence-corrected chi connectivity index (χ4v) is 7.83. The van der Waals surface area contributed by atoms with Crippen molar-refractivity contribution in [3.63, 3.8) is 0 Å². The van der Waals surface area contributed by atoms with Gasteiger partial charge in [0.25, 0.3) is 0 Å². The molecule has 0 N–H and O–H groups in total. The number of unbranched alkanes of at least 4 members (excludes halogenated alkanes) is 1. The number of hydrogen-bond acceptors (Lipinski definition) is 8. The lowest BCUT2D eigenvalue weighted by molar-refractivity contribution is -0.0166. The number of hydrogen-bond donors (Lipinski definition) is 0. The standard InChI is InChI=1S/C13H28O5Si.C7H18O3Si/c1-5-9-13(15-11-12-10-14-12)19(16-6-2,17-7-3)18-8-4;1-5-6-7-11(8-2,9-3)10-4/h12-13H,5-11H2,1-4H3;5-7H2,1-4H3. The molecule has 1 aliphatic heterocycles. The minimum Gasteiger partial charge on any atom is -0.377 e. The Kier molecular flexibility index (Phi) is 17.7. The highest BCUT2D eigenvalue weighted by molar-refractivity contribution is 6.62. The zero-order valence-corrected chi connectivity index (χ0v) is 22.5. The molecule has 30 heavy (non-hydrogen) atoms. The third kappa shape index (κ3) is 11.1. The average molecular weight is 471 g/mol. The number of ether oxygens (including phenoxy) is 2. The second-order valence-corrected chi connectivity index (χ2v) is 12.7. The molecule has 1 heterocycles. The summed E-state index contributed by atoms with van der Waals surface area (Å²) in [5.74, 6) is 0. The van der Waals surface area contributed by atoms with E-state index >= 15 is 0 Å². The Labute approximate surface area is 186 Å². The lowest BCUT2D eigenvalue weighted by Crippen LogP contribution is -2.57. The molecule has 0 radical (unpaired) electrons. The zero-order chi connectivity index (χ0) is 22.9. The van der Waals surface area contributed by atoms with Crippen LogP contribution in [-0.2, 0) is 36.0 Å². The largest absolute Gasteiger partial charge is 0.531 e. The van der Waals surface area contributed by atoms with Crippen LogP contribution in [0, 0.1) is 0 Å². The zero-order valence-electron chi connectivity index (χ0n) is 20.5. The first-order valence-electron chi connectivity index (χ1n) is 11.3. The van der Waals surface area contributed by atoms with Crippen molar-refractivity contribution >= 4 is 17.6 Å². The van der Waals surface area contributed by atoms with E-state index in [-0.39, 0.29) is 11.8 Å². The van der Waals surface area contributed by atoms with E-state index in [0.717, 1.165) is 38.3 Å². The first kappa shape index (κ1) is 30.1. The van der Waals surface area contributed by atoms with Crippen LogP contribution in [0.2, 0.25) is 6.04 Å². The maximum absolute atomic E-state index is 5.99. The maximum atomic E-state index is 5.99. The fourth-order valence-electron chi connectivity index (χ4n) is 2.97. The van der Waals surface area contributed by atoms with Gasteiger partial charge < -0.3 is 36.0 Å². The van der Waals surface area contributed by atoms with Crippen LogP contribution in [-0.4, -0.2) is 83.8 Å². The van der Waals surface area contributed by atoms with Gasteiger partial charge in [0.15, 0.2) is 0 Å². The lowest BCUT2D eigenvalue weighted by Gasteiger charge is -2.34. The lowest BCUT2D eigenvalue weighted by atomic mass is 10.3. The van der Waals surface area contributed by atoms with E-state index in [2.05, 4.69) is 13.8 Å². The number of epoxide rings is 1. The van der Waals surface area contributed by atoms with Crippen molar-refractivity contribution in [2.45, 2.75) is 78.2 Å². The Morgan fingerprint density at radius 1 is 0.833 bits per heavy atom. The highest BCUT2D eigenvalue weighted by Crippen LogP contribution is 2.23. The first-order valence-corrected chi connectivity index (χ1v) is 15.0. The van der Waals surface area contributed by atoms with Crippen molar-refractivity contribution < 1.29 is 36.0 Å². The van der Waals surface area contributed by atoms with E-state index < -0.39 is 17.6 Å². The molecular weight excluding hydrogens is 424 g/mol. The molecule has 0 spiro atoms. The van der Waals surface area contributed by atoms with E-state index in [1.807, 2.05) is 20.8 Å². The summed E-state index contributed by atoms with van der Waals surface area (Å²) >= 11 is 0. The van der Waals surface area contributed by atoms with Crippen molar-refractivity contribution in [1.82, 2.24) is 0 Å². The van der Waals surface area contributed by atoms with Gasteiger partial charge in [0, 0.05) is 47.2 Å². The summed E-state index contributed by atoms with van der Waals surface area (Å²) in [6, 6.07) is 0.910. The van der Waals surface area contributed by atoms with Crippen molar-refractivity contribution in [2.24, 2.45) is 0 Å². The van der Waals surface area contributed by atoms with Gasteiger partial charge in [0.05, 0.1) is 13.2 Å². The Morgan fingerprint density at radius 3 is 1.67 bits per heavy atom. The Morgan fingerprint density at radius 2 is 1.33 bits per heavy atom. The van der Waals surface area contributed by atoms with E-state index in [0.29, 0.717) is 26.4 Å². The smallest absolute Gasteiger partial charge is 0.377 e. The molecule has 0 aromatic rings. The molecule has 8 nitrogen and oxygen atoms in total. The summed E-state index contributed by atoms with van der Waals surface area (Å²) in [4.78, 5) is 0. The van der Waals surface area contributed by atoms with Crippen LogP contribution in [0.5, 0.6) is 0 Å². The SMILES string of the molecule is CCCC(OCC1CO1)[Si](OCC)(OCC)OCC.CCCC[Si](OC)(OC)OC. The van der Waals surface area contributed by atoms with Crippen LogP contribution in [0.25, 0.3) is 0 Å². The molecule has 1 saturated heterocycles. The van der Waals surface area contributed by atoms with Crippen LogP contribution in [0.1, 0.15) is 60.3 Å². The molecule has 0 aromatic heterocycles. The molecule has 0 aromatic carbocycles. The van der Waals surface area contributed by atoms with Crippen LogP contribution >= 0.6 is 0 Å². The van der Waals surface area contributed by atoms with Crippen LogP contribution in [0.3, 0.4) is 0 Å². The normalized spacial score (nSPS) is 17.4. The van der Waals surface area contributed by atoms with Crippen molar-refractivity contribution in [2.75, 3.05) is 54.4 Å². The summed E-state index contributed by atoms with van der Waals surface area (Å²) in [7, 11) is -0.0580. The molecule has 10 heteroatoms. The van der Waals surface area contributed by atoms with Crippen molar-refractivity contribution in [3.8, 4) is 0 Å². The van der Waals surface area contributed by atoms with Gasteiger partial charge >= 0.3 is 17.6 Å². The van der Waals surface area contributed by atoms with Gasteiger partial charge in [-0.15, -0.1) is 0 Å². The van der Waals surface area contributed by atoms with Gasteiger partial charge in [0.2, 0.25) is 0 Å². The first-order chi connectivity index (χ1) is 14.5. The van der Waals surface area contributed by atoms with Gasteiger partial charge in [-0.1, -0.05) is 26.7 Å². The molecular formula is C20H46O8Si2. The van der Waals surface area contributed by atoms with E-state index in [9.17, 15) is 0 Å². The third-order valence-electron chi connectivity index (χ3n) is 4.64. The highest BCUT2D eigenvalue weighted by Gasteiger charge is 2.50. The van der Waals surface area contributed by atoms with Crippen molar-refractivity contribution in [1.29, 1.82) is 0 Å². The molecule has 2 unspecified atom stereocenters. The molecule has 0 amide bonds. The Bertz CT molecular complexity index is 370. The van der Waals surface area contributed by atoms with Crippen LogP contribution in [0.15, 0.2) is 0 Å². The van der Waals surface area contributed by atoms with E-state index in [1.165, 1.54) is 0 Å². The van der Waals surface area contributed by atoms with Crippen LogP contribution in [0.4, 0.5) is 0 Å². The number of rotatable bonds is 18. The molecule has 1 rings (SSSR count). The second kappa shape index (κ2) is 17.6. The van der Waals surface area contributed by atoms with Gasteiger partial charge in [-0.25, -0.2) is 0 Å². The average Bonchev–Trinajstić information content (AvgIpc) is 3.58. The molecule has 0 aliphatic carbocycles. The van der Waals surface area contributed by atoms with Gasteiger partial charge in [0.1, 0.15) is 11.8 Å². The highest BCUT2D eigenvalue weighted by atomic mass is 28.4. The summed E-state index contributed by atoms with van der Waals surface area (Å²) in [5.41, 5.74) is -0.0958. The molecule has 2 atom stereocenters. The Balaban J connectivity index is 0.000000654. The third-order valence-corrected chi connectivity index (χ3v) is 10.8. The van der Waals surface area contributed by atoms with Gasteiger partial charge in [-0.3, -0.25) is 0 Å². The van der Waals surface area contributed by atoms with Gasteiger partial charge in [-0.2, -0.15) is 0 Å². The summed E-state index contributed by atoms with van der Waals surface area (Å²) in [5, 5.41) is 0. The quantitative estimate of drug-likeness (QED) is 0.221. The Hall–Kier alpha value is 0.114. The van der Waals surface area contributed by atoms with Crippen molar-refractivity contribution in [3.05, 3.63) is 0 Å². The van der Waals surface area contributed by atoms with E-state index in [1.54, 1.807) is 21.3 Å². The summed E-state index contributed by atoms with van der Waals surface area (Å²) in [6.45, 7) is 13.3. The second-order valence-electron chi connectivity index (χ2n) is 6.87.